The van der Waals surface area contributed by atoms with Gasteiger partial charge < -0.3 is 0 Å². The summed E-state index contributed by atoms with van der Waals surface area (Å²) >= 11 is 0. The van der Waals surface area contributed by atoms with Crippen LogP contribution in [0.3, 0.4) is 0 Å². The zero-order valence-corrected chi connectivity index (χ0v) is 18.1. The van der Waals surface area contributed by atoms with Crippen LogP contribution in [0.25, 0.3) is 0 Å². The largest absolute Gasteiger partial charge is 0.0622 e. The first-order valence-corrected chi connectivity index (χ1v) is 11.5. The molecule has 1 aliphatic carbocycles. The van der Waals surface area contributed by atoms with Crippen molar-refractivity contribution in [2.75, 3.05) is 0 Å². The maximum atomic E-state index is 2.46. The summed E-state index contributed by atoms with van der Waals surface area (Å²) in [6.07, 6.45) is 1.20. The van der Waals surface area contributed by atoms with Gasteiger partial charge in [-0.25, -0.2) is 0 Å². The molecular formula is C31H30. The van der Waals surface area contributed by atoms with Gasteiger partial charge in [-0.05, 0) is 58.3 Å². The molecule has 31 heavy (non-hydrogen) atoms. The Morgan fingerprint density at radius 2 is 0.774 bits per heavy atom. The van der Waals surface area contributed by atoms with E-state index >= 15 is 0 Å². The molecule has 0 aromatic heterocycles. The van der Waals surface area contributed by atoms with Gasteiger partial charge in [0.15, 0.2) is 0 Å². The monoisotopic (exact) mass is 402 g/mol. The lowest BCUT2D eigenvalue weighted by atomic mass is 9.56. The highest BCUT2D eigenvalue weighted by Crippen LogP contribution is 2.59. The molecule has 0 radical (unpaired) electrons. The van der Waals surface area contributed by atoms with Crippen LogP contribution < -0.4 is 0 Å². The molecular weight excluding hydrogens is 372 g/mol. The van der Waals surface area contributed by atoms with Gasteiger partial charge in [0.2, 0.25) is 0 Å². The van der Waals surface area contributed by atoms with E-state index in [9.17, 15) is 0 Å². The van der Waals surface area contributed by atoms with Crippen molar-refractivity contribution in [3.05, 3.63) is 144 Å². The smallest absolute Gasteiger partial charge is 0.00158 e. The van der Waals surface area contributed by atoms with Gasteiger partial charge in [-0.1, -0.05) is 128 Å². The molecule has 5 rings (SSSR count). The van der Waals surface area contributed by atoms with E-state index in [4.69, 9.17) is 0 Å². The lowest BCUT2D eigenvalue weighted by Gasteiger charge is -2.48. The second-order valence-corrected chi connectivity index (χ2v) is 9.04. The summed E-state index contributed by atoms with van der Waals surface area (Å²) in [4.78, 5) is 0. The van der Waals surface area contributed by atoms with Crippen LogP contribution in [0.4, 0.5) is 0 Å². The average molecular weight is 403 g/mol. The van der Waals surface area contributed by atoms with Crippen LogP contribution in [0.2, 0.25) is 0 Å². The first-order valence-electron chi connectivity index (χ1n) is 11.5. The fourth-order valence-electron chi connectivity index (χ4n) is 5.98. The van der Waals surface area contributed by atoms with Crippen molar-refractivity contribution in [3.63, 3.8) is 0 Å². The molecule has 0 heterocycles. The molecule has 0 bridgehead atoms. The number of benzene rings is 4. The molecule has 0 N–H and O–H groups in total. The fraction of sp³-hybridized carbons (Fsp3) is 0.226. The quantitative estimate of drug-likeness (QED) is 0.323. The highest BCUT2D eigenvalue weighted by molar-refractivity contribution is 5.40. The maximum Gasteiger partial charge on any atom is -0.00158 e. The van der Waals surface area contributed by atoms with E-state index < -0.39 is 0 Å². The van der Waals surface area contributed by atoms with E-state index in [1.54, 1.807) is 0 Å². The Bertz CT molecular complexity index is 1070. The van der Waals surface area contributed by atoms with E-state index in [0.717, 1.165) is 0 Å². The minimum atomic E-state index is 0.431. The lowest BCUT2D eigenvalue weighted by Crippen LogP contribution is -2.34. The predicted molar refractivity (Wildman–Crippen MR) is 131 cm³/mol. The third-order valence-electron chi connectivity index (χ3n) is 7.23. The second-order valence-electron chi connectivity index (χ2n) is 9.04. The molecule has 4 aromatic carbocycles. The Morgan fingerprint density at radius 3 is 1.23 bits per heavy atom. The van der Waals surface area contributed by atoms with Crippen molar-refractivity contribution in [3.8, 4) is 0 Å². The molecule has 1 saturated carbocycles. The molecule has 1 fully saturated rings. The number of hydrogen-bond acceptors (Lipinski definition) is 0. The van der Waals surface area contributed by atoms with Crippen molar-refractivity contribution in [2.45, 2.75) is 37.0 Å². The second kappa shape index (κ2) is 8.94. The van der Waals surface area contributed by atoms with Crippen molar-refractivity contribution in [1.82, 2.24) is 0 Å². The van der Waals surface area contributed by atoms with Gasteiger partial charge in [-0.2, -0.15) is 0 Å². The maximum absolute atomic E-state index is 2.46. The van der Waals surface area contributed by atoms with Gasteiger partial charge in [0.1, 0.15) is 0 Å². The van der Waals surface area contributed by atoms with Gasteiger partial charge in [0.05, 0.1) is 0 Å². The molecule has 5 atom stereocenters. The standard InChI is InChI=1S/C31H30/c1-23-22-28(24-14-6-2-7-15-24)30(26-18-10-4-11-19-26)31(27-20-12-5-13-21-27)29(23)25-16-8-3-9-17-25/h2-21,23,28-31H,22H2,1H3/t23-,28-,29+,30+,31-/m1/s1. The van der Waals surface area contributed by atoms with Crippen LogP contribution in [0.15, 0.2) is 121 Å². The Labute approximate surface area is 186 Å². The Hall–Kier alpha value is -3.12. The summed E-state index contributed by atoms with van der Waals surface area (Å²) in [5.74, 6) is 2.46. The Balaban J connectivity index is 1.71. The summed E-state index contributed by atoms with van der Waals surface area (Å²) in [5, 5.41) is 0. The van der Waals surface area contributed by atoms with E-state index in [2.05, 4.69) is 128 Å². The predicted octanol–water partition coefficient (Wildman–Crippen LogP) is 8.16. The highest BCUT2D eigenvalue weighted by atomic mass is 14.5. The van der Waals surface area contributed by atoms with Gasteiger partial charge in [-0.15, -0.1) is 0 Å². The SMILES string of the molecule is C[C@@H]1C[C@H](c2ccccc2)[C@H](c2ccccc2)[C@H](c2ccccc2)[C@@H]1c1ccccc1. The highest BCUT2D eigenvalue weighted by Gasteiger charge is 2.45. The molecule has 4 aromatic rings. The lowest BCUT2D eigenvalue weighted by molar-refractivity contribution is 0.227. The van der Waals surface area contributed by atoms with Gasteiger partial charge in [0.25, 0.3) is 0 Å². The summed E-state index contributed by atoms with van der Waals surface area (Å²) in [6.45, 7) is 2.46. The first-order chi connectivity index (χ1) is 15.3. The molecule has 0 unspecified atom stereocenters. The van der Waals surface area contributed by atoms with Gasteiger partial charge in [0, 0.05) is 0 Å². The topological polar surface area (TPSA) is 0 Å². The van der Waals surface area contributed by atoms with Crippen molar-refractivity contribution >= 4 is 0 Å². The molecule has 0 amide bonds. The summed E-state index contributed by atoms with van der Waals surface area (Å²) in [5.41, 5.74) is 5.85. The van der Waals surface area contributed by atoms with Crippen LogP contribution in [0, 0.1) is 5.92 Å². The third-order valence-corrected chi connectivity index (χ3v) is 7.23. The van der Waals surface area contributed by atoms with Crippen LogP contribution in [0.1, 0.15) is 59.3 Å². The average Bonchev–Trinajstić information content (AvgIpc) is 2.85. The molecule has 0 heteroatoms. The van der Waals surface area contributed by atoms with E-state index in [1.165, 1.54) is 28.7 Å². The summed E-state index contributed by atoms with van der Waals surface area (Å²) in [6, 6.07) is 44.9. The van der Waals surface area contributed by atoms with Crippen molar-refractivity contribution in [1.29, 1.82) is 0 Å². The minimum Gasteiger partial charge on any atom is -0.0622 e. The van der Waals surface area contributed by atoms with E-state index in [-0.39, 0.29) is 0 Å². The molecule has 0 saturated heterocycles. The summed E-state index contributed by atoms with van der Waals surface area (Å²) < 4.78 is 0. The fourth-order valence-corrected chi connectivity index (χ4v) is 5.98. The van der Waals surface area contributed by atoms with E-state index in [0.29, 0.717) is 29.6 Å². The van der Waals surface area contributed by atoms with Gasteiger partial charge >= 0.3 is 0 Å². The first kappa shape index (κ1) is 19.8. The summed E-state index contributed by atoms with van der Waals surface area (Å²) in [7, 11) is 0. The van der Waals surface area contributed by atoms with Crippen LogP contribution >= 0.6 is 0 Å². The zero-order chi connectivity index (χ0) is 21.0. The number of rotatable bonds is 4. The molecule has 154 valence electrons. The molecule has 1 aliphatic rings. The normalized spacial score (nSPS) is 25.8. The van der Waals surface area contributed by atoms with Crippen LogP contribution in [0.5, 0.6) is 0 Å². The Morgan fingerprint density at radius 1 is 0.419 bits per heavy atom. The van der Waals surface area contributed by atoms with Crippen molar-refractivity contribution < 1.29 is 0 Å². The molecule has 0 nitrogen and oxygen atoms in total. The van der Waals surface area contributed by atoms with Crippen LogP contribution in [-0.2, 0) is 0 Å². The number of hydrogen-bond donors (Lipinski definition) is 0. The van der Waals surface area contributed by atoms with Crippen molar-refractivity contribution in [2.24, 2.45) is 5.92 Å². The van der Waals surface area contributed by atoms with E-state index in [1.807, 2.05) is 0 Å². The van der Waals surface area contributed by atoms with Gasteiger partial charge in [-0.3, -0.25) is 0 Å². The van der Waals surface area contributed by atoms with Crippen LogP contribution in [-0.4, -0.2) is 0 Å². The Kier molecular flexibility index (Phi) is 5.71. The minimum absolute atomic E-state index is 0.431. The molecule has 0 spiro atoms. The third kappa shape index (κ3) is 3.95. The zero-order valence-electron chi connectivity index (χ0n) is 18.1. The molecule has 0 aliphatic heterocycles.